The zero-order valence-corrected chi connectivity index (χ0v) is 14.4. The Morgan fingerprint density at radius 2 is 2.35 bits per heavy atom. The molecule has 2 aromatic heterocycles. The van der Waals surface area contributed by atoms with Gasteiger partial charge in [0.2, 0.25) is 5.91 Å². The smallest absolute Gasteiger partial charge is 0.222 e. The number of hydrogen-bond acceptors (Lipinski definition) is 5. The largest absolute Gasteiger partial charge is 0.338 e. The van der Waals surface area contributed by atoms with Crippen LogP contribution in [0.3, 0.4) is 0 Å². The number of terminal acetylenes is 1. The molecule has 2 aromatic rings. The molecule has 0 aliphatic carbocycles. The highest BCUT2D eigenvalue weighted by atomic mass is 32.2. The first kappa shape index (κ1) is 17.4. The summed E-state index contributed by atoms with van der Waals surface area (Å²) in [4.78, 5) is 20.9. The molecule has 0 radical (unpaired) electrons. The Morgan fingerprint density at radius 3 is 3.00 bits per heavy atom. The van der Waals surface area contributed by atoms with Crippen molar-refractivity contribution in [1.29, 1.82) is 0 Å². The van der Waals surface area contributed by atoms with Gasteiger partial charge in [-0.25, -0.2) is 9.37 Å². The van der Waals surface area contributed by atoms with Gasteiger partial charge in [-0.3, -0.25) is 9.78 Å². The lowest BCUT2D eigenvalue weighted by atomic mass is 10.2. The minimum Gasteiger partial charge on any atom is -0.338 e. The van der Waals surface area contributed by atoms with Gasteiger partial charge in [-0.05, 0) is 19.2 Å². The number of aryl methyl sites for hydroxylation is 1. The Kier molecular flexibility index (Phi) is 6.13. The molecular formula is C16H16FN3OS2. The van der Waals surface area contributed by atoms with Crippen LogP contribution in [0.15, 0.2) is 18.5 Å². The van der Waals surface area contributed by atoms with Gasteiger partial charge in [0.15, 0.2) is 0 Å². The summed E-state index contributed by atoms with van der Waals surface area (Å²) >= 11 is 2.94. The number of nitrogens with zero attached hydrogens (tertiary/aromatic N) is 2. The number of pyridine rings is 1. The van der Waals surface area contributed by atoms with E-state index in [0.717, 1.165) is 22.5 Å². The third-order valence-corrected chi connectivity index (χ3v) is 4.94. The fraction of sp³-hybridized carbons (Fsp3) is 0.312. The fourth-order valence-electron chi connectivity index (χ4n) is 1.94. The molecule has 2 rings (SSSR count). The standard InChI is InChI=1S/C16H16FN3OS2/c1-4-13(20-14(21)5-6-22-3)15-10(2)19-16(23-15)11-7-12(17)9-18-8-11/h1,7-9,13H,5-6H2,2-3H3,(H,20,21). The molecule has 0 aliphatic heterocycles. The lowest BCUT2D eigenvalue weighted by Gasteiger charge is -2.11. The van der Waals surface area contributed by atoms with Gasteiger partial charge in [-0.1, -0.05) is 5.92 Å². The van der Waals surface area contributed by atoms with Crippen LogP contribution in [0.25, 0.3) is 10.6 Å². The second kappa shape index (κ2) is 8.09. The van der Waals surface area contributed by atoms with Crippen LogP contribution in [-0.2, 0) is 4.79 Å². The summed E-state index contributed by atoms with van der Waals surface area (Å²) in [5.74, 6) is 2.81. The Balaban J connectivity index is 2.22. The van der Waals surface area contributed by atoms with Gasteiger partial charge in [-0.2, -0.15) is 11.8 Å². The van der Waals surface area contributed by atoms with Crippen LogP contribution in [0, 0.1) is 25.1 Å². The van der Waals surface area contributed by atoms with Crippen molar-refractivity contribution in [1.82, 2.24) is 15.3 Å². The van der Waals surface area contributed by atoms with Crippen LogP contribution < -0.4 is 5.32 Å². The third-order valence-electron chi connectivity index (χ3n) is 3.05. The molecule has 23 heavy (non-hydrogen) atoms. The number of nitrogens with one attached hydrogen (secondary N) is 1. The Bertz CT molecular complexity index is 739. The maximum Gasteiger partial charge on any atom is 0.222 e. The van der Waals surface area contributed by atoms with Gasteiger partial charge in [0, 0.05) is 23.9 Å². The molecule has 1 atom stereocenters. The number of hydrogen-bond donors (Lipinski definition) is 1. The van der Waals surface area contributed by atoms with Gasteiger partial charge in [0.05, 0.1) is 16.8 Å². The summed E-state index contributed by atoms with van der Waals surface area (Å²) in [6, 6.07) is 0.842. The Labute approximate surface area is 142 Å². The van der Waals surface area contributed by atoms with E-state index in [-0.39, 0.29) is 5.91 Å². The highest BCUT2D eigenvalue weighted by Crippen LogP contribution is 2.31. The zero-order chi connectivity index (χ0) is 16.8. The highest BCUT2D eigenvalue weighted by Gasteiger charge is 2.19. The first-order valence-electron chi connectivity index (χ1n) is 6.87. The summed E-state index contributed by atoms with van der Waals surface area (Å²) in [6.07, 6.45) is 10.6. The van der Waals surface area contributed by atoms with Crippen LogP contribution >= 0.6 is 23.1 Å². The van der Waals surface area contributed by atoms with Crippen LogP contribution in [0.4, 0.5) is 4.39 Å². The van der Waals surface area contributed by atoms with E-state index in [0.29, 0.717) is 17.0 Å². The van der Waals surface area contributed by atoms with E-state index in [1.807, 2.05) is 13.2 Å². The van der Waals surface area contributed by atoms with Crippen LogP contribution in [-0.4, -0.2) is 27.9 Å². The fourth-order valence-corrected chi connectivity index (χ4v) is 3.39. The molecule has 120 valence electrons. The van der Waals surface area contributed by atoms with Crippen molar-refractivity contribution in [2.45, 2.75) is 19.4 Å². The highest BCUT2D eigenvalue weighted by molar-refractivity contribution is 7.98. The maximum atomic E-state index is 13.3. The quantitative estimate of drug-likeness (QED) is 0.814. The monoisotopic (exact) mass is 349 g/mol. The van der Waals surface area contributed by atoms with Crippen molar-refractivity contribution in [2.24, 2.45) is 0 Å². The summed E-state index contributed by atoms with van der Waals surface area (Å²) in [7, 11) is 0. The average molecular weight is 349 g/mol. The number of thioether (sulfide) groups is 1. The topological polar surface area (TPSA) is 54.9 Å². The van der Waals surface area contributed by atoms with E-state index in [9.17, 15) is 9.18 Å². The molecule has 0 aliphatic rings. The van der Waals surface area contributed by atoms with Crippen LogP contribution in [0.5, 0.6) is 0 Å². The first-order valence-corrected chi connectivity index (χ1v) is 9.09. The molecule has 7 heteroatoms. The number of thiazole rings is 1. The van der Waals surface area contributed by atoms with Gasteiger partial charge < -0.3 is 5.32 Å². The van der Waals surface area contributed by atoms with E-state index in [2.05, 4.69) is 21.2 Å². The van der Waals surface area contributed by atoms with Gasteiger partial charge in [-0.15, -0.1) is 17.8 Å². The summed E-state index contributed by atoms with van der Waals surface area (Å²) < 4.78 is 13.3. The third kappa shape index (κ3) is 4.53. The lowest BCUT2D eigenvalue weighted by Crippen LogP contribution is -2.27. The number of halogens is 1. The van der Waals surface area contributed by atoms with E-state index in [4.69, 9.17) is 6.42 Å². The molecule has 4 nitrogen and oxygen atoms in total. The van der Waals surface area contributed by atoms with E-state index >= 15 is 0 Å². The SMILES string of the molecule is C#CC(NC(=O)CCSC)c1sc(-c2cncc(F)c2)nc1C. The van der Waals surface area contributed by atoms with Gasteiger partial charge >= 0.3 is 0 Å². The molecule has 0 saturated heterocycles. The predicted molar refractivity (Wildman–Crippen MR) is 92.8 cm³/mol. The molecule has 0 saturated carbocycles. The molecule has 0 fully saturated rings. The van der Waals surface area contributed by atoms with E-state index < -0.39 is 11.9 Å². The van der Waals surface area contributed by atoms with Crippen molar-refractivity contribution < 1.29 is 9.18 Å². The number of rotatable bonds is 6. The maximum absolute atomic E-state index is 13.3. The molecule has 1 N–H and O–H groups in total. The number of carbonyl (C=O) groups is 1. The van der Waals surface area contributed by atoms with Gasteiger partial charge in [0.25, 0.3) is 0 Å². The average Bonchev–Trinajstić information content (AvgIpc) is 2.92. The summed E-state index contributed by atoms with van der Waals surface area (Å²) in [6.45, 7) is 1.82. The first-order chi connectivity index (χ1) is 11.0. The molecule has 1 unspecified atom stereocenters. The normalized spacial score (nSPS) is 11.7. The van der Waals surface area contributed by atoms with Crippen molar-refractivity contribution >= 4 is 29.0 Å². The van der Waals surface area contributed by atoms with Crippen molar-refractivity contribution in [2.75, 3.05) is 12.0 Å². The van der Waals surface area contributed by atoms with Crippen molar-refractivity contribution in [3.05, 3.63) is 34.8 Å². The van der Waals surface area contributed by atoms with Gasteiger partial charge in [0.1, 0.15) is 16.9 Å². The van der Waals surface area contributed by atoms with E-state index in [1.165, 1.54) is 17.4 Å². The Hall–Kier alpha value is -1.91. The zero-order valence-electron chi connectivity index (χ0n) is 12.8. The van der Waals surface area contributed by atoms with E-state index in [1.54, 1.807) is 18.0 Å². The minimum absolute atomic E-state index is 0.0935. The summed E-state index contributed by atoms with van der Waals surface area (Å²) in [5, 5.41) is 3.46. The number of aromatic nitrogens is 2. The Morgan fingerprint density at radius 1 is 1.57 bits per heavy atom. The minimum atomic E-state index is -0.530. The van der Waals surface area contributed by atoms with Crippen LogP contribution in [0.2, 0.25) is 0 Å². The number of amides is 1. The lowest BCUT2D eigenvalue weighted by molar-refractivity contribution is -0.121. The predicted octanol–water partition coefficient (Wildman–Crippen LogP) is 3.20. The molecule has 0 aromatic carbocycles. The van der Waals surface area contributed by atoms with Crippen molar-refractivity contribution in [3.8, 4) is 22.9 Å². The van der Waals surface area contributed by atoms with Crippen molar-refractivity contribution in [3.63, 3.8) is 0 Å². The van der Waals surface area contributed by atoms with Crippen LogP contribution in [0.1, 0.15) is 23.0 Å². The number of carbonyl (C=O) groups excluding carboxylic acids is 1. The molecule has 0 spiro atoms. The summed E-state index contributed by atoms with van der Waals surface area (Å²) in [5.41, 5.74) is 1.32. The second-order valence-electron chi connectivity index (χ2n) is 4.77. The molecule has 2 heterocycles. The molecular weight excluding hydrogens is 333 g/mol. The molecule has 1 amide bonds. The molecule has 0 bridgehead atoms. The second-order valence-corrected chi connectivity index (χ2v) is 6.79.